The first kappa shape index (κ1) is 14.1. The fourth-order valence-electron chi connectivity index (χ4n) is 2.41. The molecule has 2 aromatic rings. The summed E-state index contributed by atoms with van der Waals surface area (Å²) in [5.41, 5.74) is 3.46. The molecule has 21 heavy (non-hydrogen) atoms. The monoisotopic (exact) mass is 348 g/mol. The normalized spacial score (nSPS) is 13.2. The summed E-state index contributed by atoms with van der Waals surface area (Å²) in [6.45, 7) is 0.952. The molecule has 0 saturated carbocycles. The van der Waals surface area contributed by atoms with Gasteiger partial charge in [0.15, 0.2) is 0 Å². The lowest BCUT2D eigenvalue weighted by molar-refractivity contribution is 0.102. The van der Waals surface area contributed by atoms with E-state index in [1.165, 1.54) is 23.8 Å². The lowest BCUT2D eigenvalue weighted by atomic mass is 10.0. The molecule has 0 bridgehead atoms. The average molecular weight is 349 g/mol. The second kappa shape index (κ2) is 5.85. The Bertz CT molecular complexity index is 703. The van der Waals surface area contributed by atoms with Crippen molar-refractivity contribution in [3.05, 3.63) is 57.8 Å². The molecule has 1 heterocycles. The van der Waals surface area contributed by atoms with E-state index < -0.39 is 0 Å². The van der Waals surface area contributed by atoms with Crippen LogP contribution in [0, 0.1) is 5.82 Å². The molecule has 108 valence electrons. The minimum absolute atomic E-state index is 0.266. The molecule has 2 N–H and O–H groups in total. The van der Waals surface area contributed by atoms with Gasteiger partial charge in [-0.05, 0) is 64.7 Å². The number of rotatable bonds is 2. The number of anilines is 2. The highest BCUT2D eigenvalue weighted by Crippen LogP contribution is 2.26. The van der Waals surface area contributed by atoms with Gasteiger partial charge in [-0.1, -0.05) is 6.07 Å². The van der Waals surface area contributed by atoms with Crippen LogP contribution in [0.1, 0.15) is 22.3 Å². The molecule has 0 radical (unpaired) electrons. The Kier molecular flexibility index (Phi) is 3.92. The van der Waals surface area contributed by atoms with Gasteiger partial charge in [-0.15, -0.1) is 0 Å². The Labute approximate surface area is 130 Å². The molecule has 1 aliphatic rings. The van der Waals surface area contributed by atoms with Crippen molar-refractivity contribution in [3.8, 4) is 0 Å². The number of amides is 1. The van der Waals surface area contributed by atoms with Gasteiger partial charge in [-0.2, -0.15) is 0 Å². The topological polar surface area (TPSA) is 41.1 Å². The molecule has 5 heteroatoms. The highest BCUT2D eigenvalue weighted by atomic mass is 79.9. The van der Waals surface area contributed by atoms with Crippen LogP contribution >= 0.6 is 15.9 Å². The minimum atomic E-state index is -0.378. The van der Waals surface area contributed by atoms with Crippen LogP contribution in [0.25, 0.3) is 0 Å². The van der Waals surface area contributed by atoms with Crippen molar-refractivity contribution in [2.45, 2.75) is 12.8 Å². The van der Waals surface area contributed by atoms with E-state index in [0.29, 0.717) is 10.0 Å². The number of fused-ring (bicyclic) bond motifs is 1. The van der Waals surface area contributed by atoms with Crippen LogP contribution < -0.4 is 10.6 Å². The summed E-state index contributed by atoms with van der Waals surface area (Å²) in [6, 6.07) is 9.87. The van der Waals surface area contributed by atoms with E-state index in [-0.39, 0.29) is 11.7 Å². The molecular weight excluding hydrogens is 335 g/mol. The van der Waals surface area contributed by atoms with E-state index in [2.05, 4.69) is 26.6 Å². The van der Waals surface area contributed by atoms with Gasteiger partial charge in [0.25, 0.3) is 5.91 Å². The first-order valence-corrected chi connectivity index (χ1v) is 7.56. The molecule has 0 aliphatic carbocycles. The Morgan fingerprint density at radius 2 is 2.10 bits per heavy atom. The summed E-state index contributed by atoms with van der Waals surface area (Å²) in [7, 11) is 0. The predicted octanol–water partition coefficient (Wildman–Crippen LogP) is 4.20. The first-order chi connectivity index (χ1) is 10.1. The van der Waals surface area contributed by atoms with Crippen LogP contribution in [-0.4, -0.2) is 12.5 Å². The van der Waals surface area contributed by atoms with Crippen molar-refractivity contribution in [2.75, 3.05) is 17.2 Å². The SMILES string of the molecule is O=C(Nc1ccc2c(c1)NCCC2)c1ccc(F)cc1Br. The van der Waals surface area contributed by atoms with Crippen LogP contribution in [0.3, 0.4) is 0 Å². The van der Waals surface area contributed by atoms with E-state index in [4.69, 9.17) is 0 Å². The number of hydrogen-bond acceptors (Lipinski definition) is 2. The molecule has 1 aliphatic heterocycles. The predicted molar refractivity (Wildman–Crippen MR) is 85.3 cm³/mol. The zero-order chi connectivity index (χ0) is 14.8. The summed E-state index contributed by atoms with van der Waals surface area (Å²) in [6.07, 6.45) is 2.18. The number of nitrogens with one attached hydrogen (secondary N) is 2. The number of hydrogen-bond donors (Lipinski definition) is 2. The maximum absolute atomic E-state index is 13.1. The number of aryl methyl sites for hydroxylation is 1. The Balaban J connectivity index is 1.81. The number of carbonyl (C=O) groups is 1. The summed E-state index contributed by atoms with van der Waals surface area (Å²) in [5.74, 6) is -0.644. The van der Waals surface area contributed by atoms with Gasteiger partial charge >= 0.3 is 0 Å². The van der Waals surface area contributed by atoms with Crippen molar-refractivity contribution < 1.29 is 9.18 Å². The molecule has 0 fully saturated rings. The summed E-state index contributed by atoms with van der Waals surface area (Å²) in [4.78, 5) is 12.2. The molecule has 2 aromatic carbocycles. The molecule has 0 saturated heterocycles. The summed E-state index contributed by atoms with van der Waals surface area (Å²) < 4.78 is 13.5. The Hall–Kier alpha value is -1.88. The summed E-state index contributed by atoms with van der Waals surface area (Å²) >= 11 is 3.21. The third kappa shape index (κ3) is 3.08. The van der Waals surface area contributed by atoms with E-state index >= 15 is 0 Å². The zero-order valence-corrected chi connectivity index (χ0v) is 12.8. The molecule has 1 amide bonds. The standard InChI is InChI=1S/C16H14BrFN2O/c17-14-8-11(18)4-6-13(14)16(21)20-12-5-3-10-2-1-7-19-15(10)9-12/h3-6,8-9,19H,1-2,7H2,(H,20,21). The minimum Gasteiger partial charge on any atom is -0.385 e. The average Bonchev–Trinajstić information content (AvgIpc) is 2.47. The molecule has 0 spiro atoms. The van der Waals surface area contributed by atoms with Crippen LogP contribution in [0.15, 0.2) is 40.9 Å². The van der Waals surface area contributed by atoms with Crippen molar-refractivity contribution in [1.82, 2.24) is 0 Å². The fraction of sp³-hybridized carbons (Fsp3) is 0.188. The first-order valence-electron chi connectivity index (χ1n) is 6.77. The van der Waals surface area contributed by atoms with E-state index in [1.807, 2.05) is 18.2 Å². The van der Waals surface area contributed by atoms with Crippen LogP contribution in [0.2, 0.25) is 0 Å². The molecular formula is C16H14BrFN2O. The van der Waals surface area contributed by atoms with Gasteiger partial charge in [0.1, 0.15) is 5.82 Å². The molecule has 0 unspecified atom stereocenters. The molecule has 0 aromatic heterocycles. The smallest absolute Gasteiger partial charge is 0.256 e. The third-order valence-corrected chi connectivity index (χ3v) is 4.14. The van der Waals surface area contributed by atoms with Crippen molar-refractivity contribution in [1.29, 1.82) is 0 Å². The fourth-order valence-corrected chi connectivity index (χ4v) is 2.94. The van der Waals surface area contributed by atoms with Gasteiger partial charge in [0.05, 0.1) is 5.56 Å². The van der Waals surface area contributed by atoms with E-state index in [9.17, 15) is 9.18 Å². The Morgan fingerprint density at radius 3 is 2.90 bits per heavy atom. The lowest BCUT2D eigenvalue weighted by Crippen LogP contribution is -2.15. The van der Waals surface area contributed by atoms with Crippen LogP contribution in [-0.2, 0) is 6.42 Å². The molecule has 3 nitrogen and oxygen atoms in total. The lowest BCUT2D eigenvalue weighted by Gasteiger charge is -2.19. The highest BCUT2D eigenvalue weighted by Gasteiger charge is 2.13. The van der Waals surface area contributed by atoms with E-state index in [0.717, 1.165) is 30.8 Å². The van der Waals surface area contributed by atoms with Gasteiger partial charge in [0.2, 0.25) is 0 Å². The van der Waals surface area contributed by atoms with Crippen LogP contribution in [0.5, 0.6) is 0 Å². The van der Waals surface area contributed by atoms with Crippen molar-refractivity contribution in [3.63, 3.8) is 0 Å². The van der Waals surface area contributed by atoms with Gasteiger partial charge in [0, 0.05) is 22.4 Å². The third-order valence-electron chi connectivity index (χ3n) is 3.48. The molecule has 0 atom stereocenters. The number of benzene rings is 2. The maximum Gasteiger partial charge on any atom is 0.256 e. The zero-order valence-electron chi connectivity index (χ0n) is 11.2. The van der Waals surface area contributed by atoms with Crippen molar-refractivity contribution in [2.24, 2.45) is 0 Å². The van der Waals surface area contributed by atoms with Gasteiger partial charge in [-0.25, -0.2) is 4.39 Å². The van der Waals surface area contributed by atoms with Gasteiger partial charge in [-0.3, -0.25) is 4.79 Å². The van der Waals surface area contributed by atoms with E-state index in [1.54, 1.807) is 0 Å². The quantitative estimate of drug-likeness (QED) is 0.853. The van der Waals surface area contributed by atoms with Crippen LogP contribution in [0.4, 0.5) is 15.8 Å². The second-order valence-corrected chi connectivity index (χ2v) is 5.83. The number of halogens is 2. The maximum atomic E-state index is 13.1. The highest BCUT2D eigenvalue weighted by molar-refractivity contribution is 9.10. The van der Waals surface area contributed by atoms with Gasteiger partial charge < -0.3 is 10.6 Å². The number of carbonyl (C=O) groups excluding carboxylic acids is 1. The van der Waals surface area contributed by atoms with Crippen molar-refractivity contribution >= 4 is 33.2 Å². The largest absolute Gasteiger partial charge is 0.385 e. The summed E-state index contributed by atoms with van der Waals surface area (Å²) in [5, 5.41) is 6.16. The second-order valence-electron chi connectivity index (χ2n) is 4.98. The molecule has 3 rings (SSSR count). The Morgan fingerprint density at radius 1 is 1.24 bits per heavy atom.